The topological polar surface area (TPSA) is 73.0 Å². The van der Waals surface area contributed by atoms with Gasteiger partial charge in [-0.15, -0.1) is 0 Å². The summed E-state index contributed by atoms with van der Waals surface area (Å²) in [5.41, 5.74) is 2.80. The van der Waals surface area contributed by atoms with Crippen molar-refractivity contribution in [3.63, 3.8) is 0 Å². The second-order valence-electron chi connectivity index (χ2n) is 9.51. The second kappa shape index (κ2) is 8.26. The number of likely N-dealkylation sites (N-methyl/N-ethyl adjacent to an activating group) is 1. The standard InChI is InChI=1S/C24H32N4O3/c1-26(19-6-5-7-20(19)27-12-3-2-4-13-27)17-8-9-18-16(14-17)15-28(24(18)31)21-10-11-22(29)25-23(21)30/h8-9,14,19-21H,2-7,10-13,15H2,1H3,(H,25,29,30)/t19-,20-,21?/m0/s1. The molecule has 7 heteroatoms. The van der Waals surface area contributed by atoms with Crippen LogP contribution in [0.3, 0.4) is 0 Å². The van der Waals surface area contributed by atoms with E-state index in [-0.39, 0.29) is 24.1 Å². The third-order valence-corrected chi connectivity index (χ3v) is 7.72. The van der Waals surface area contributed by atoms with Crippen LogP contribution in [-0.2, 0) is 16.1 Å². The molecule has 1 aliphatic carbocycles. The number of carbonyl (C=O) groups excluding carboxylic acids is 3. The van der Waals surface area contributed by atoms with E-state index in [1.54, 1.807) is 4.90 Å². The Morgan fingerprint density at radius 3 is 2.58 bits per heavy atom. The molecule has 3 aliphatic heterocycles. The summed E-state index contributed by atoms with van der Waals surface area (Å²) in [5.74, 6) is -0.718. The Kier molecular flexibility index (Phi) is 5.46. The molecule has 31 heavy (non-hydrogen) atoms. The Bertz CT molecular complexity index is 895. The zero-order valence-electron chi connectivity index (χ0n) is 18.3. The fourth-order valence-electron chi connectivity index (χ4n) is 6.02. The van der Waals surface area contributed by atoms with Gasteiger partial charge in [0, 0.05) is 43.3 Å². The van der Waals surface area contributed by atoms with Gasteiger partial charge >= 0.3 is 0 Å². The molecule has 0 radical (unpaired) electrons. The maximum absolute atomic E-state index is 13.0. The summed E-state index contributed by atoms with van der Waals surface area (Å²) in [6.07, 6.45) is 8.39. The summed E-state index contributed by atoms with van der Waals surface area (Å²) in [5, 5.41) is 2.37. The minimum Gasteiger partial charge on any atom is -0.370 e. The summed E-state index contributed by atoms with van der Waals surface area (Å²) in [6.45, 7) is 2.87. The van der Waals surface area contributed by atoms with Crippen molar-refractivity contribution in [1.82, 2.24) is 15.1 Å². The first kappa shape index (κ1) is 20.5. The van der Waals surface area contributed by atoms with Gasteiger partial charge in [0.1, 0.15) is 6.04 Å². The number of hydrogen-bond acceptors (Lipinski definition) is 5. The highest BCUT2D eigenvalue weighted by Gasteiger charge is 2.40. The molecule has 1 unspecified atom stereocenters. The third-order valence-electron chi connectivity index (χ3n) is 7.72. The second-order valence-corrected chi connectivity index (χ2v) is 9.51. The van der Waals surface area contributed by atoms with Gasteiger partial charge in [-0.05, 0) is 75.4 Å². The molecule has 1 saturated carbocycles. The Morgan fingerprint density at radius 1 is 1.00 bits per heavy atom. The van der Waals surface area contributed by atoms with E-state index in [4.69, 9.17) is 0 Å². The maximum Gasteiger partial charge on any atom is 0.255 e. The molecule has 3 amide bonds. The normalized spacial score (nSPS) is 29.3. The number of hydrogen-bond donors (Lipinski definition) is 1. The van der Waals surface area contributed by atoms with Crippen LogP contribution >= 0.6 is 0 Å². The molecular formula is C24H32N4O3. The van der Waals surface area contributed by atoms with E-state index in [2.05, 4.69) is 34.3 Å². The number of fused-ring (bicyclic) bond motifs is 1. The Morgan fingerprint density at radius 2 is 1.81 bits per heavy atom. The van der Waals surface area contributed by atoms with Gasteiger partial charge in [0.05, 0.1) is 0 Å². The SMILES string of the molecule is CN(c1ccc2c(c1)CN(C1CCC(=O)NC1=O)C2=O)[C@H]1CCC[C@@H]1N1CCCCC1. The molecule has 5 rings (SSSR count). The summed E-state index contributed by atoms with van der Waals surface area (Å²) in [7, 11) is 2.18. The smallest absolute Gasteiger partial charge is 0.255 e. The van der Waals surface area contributed by atoms with Crippen molar-refractivity contribution in [2.24, 2.45) is 0 Å². The van der Waals surface area contributed by atoms with Crippen molar-refractivity contribution >= 4 is 23.4 Å². The van der Waals surface area contributed by atoms with E-state index in [0.717, 1.165) is 11.3 Å². The number of piperidine rings is 2. The fourth-order valence-corrected chi connectivity index (χ4v) is 6.02. The van der Waals surface area contributed by atoms with Crippen LogP contribution < -0.4 is 10.2 Å². The molecule has 166 valence electrons. The highest BCUT2D eigenvalue weighted by atomic mass is 16.2. The third kappa shape index (κ3) is 3.73. The van der Waals surface area contributed by atoms with E-state index >= 15 is 0 Å². The van der Waals surface area contributed by atoms with Crippen molar-refractivity contribution in [3.05, 3.63) is 29.3 Å². The van der Waals surface area contributed by atoms with E-state index in [1.165, 1.54) is 51.6 Å². The van der Waals surface area contributed by atoms with Crippen molar-refractivity contribution < 1.29 is 14.4 Å². The van der Waals surface area contributed by atoms with Gasteiger partial charge in [0.2, 0.25) is 11.8 Å². The first-order valence-corrected chi connectivity index (χ1v) is 11.8. The highest BCUT2D eigenvalue weighted by molar-refractivity contribution is 6.05. The number of rotatable bonds is 4. The number of carbonyl (C=O) groups is 3. The highest BCUT2D eigenvalue weighted by Crippen LogP contribution is 2.35. The number of anilines is 1. The molecule has 7 nitrogen and oxygen atoms in total. The van der Waals surface area contributed by atoms with Crippen LogP contribution in [-0.4, -0.2) is 65.8 Å². The molecular weight excluding hydrogens is 392 g/mol. The van der Waals surface area contributed by atoms with Crippen LogP contribution in [0.1, 0.15) is 67.3 Å². The lowest BCUT2D eigenvalue weighted by Gasteiger charge is -2.40. The predicted molar refractivity (Wildman–Crippen MR) is 118 cm³/mol. The van der Waals surface area contributed by atoms with Crippen molar-refractivity contribution in [1.29, 1.82) is 0 Å². The van der Waals surface area contributed by atoms with Gasteiger partial charge in [0.25, 0.3) is 5.91 Å². The van der Waals surface area contributed by atoms with Crippen LogP contribution in [0.5, 0.6) is 0 Å². The minimum atomic E-state index is -0.558. The Labute approximate surface area is 183 Å². The van der Waals surface area contributed by atoms with Crippen molar-refractivity contribution in [2.45, 2.75) is 76.0 Å². The van der Waals surface area contributed by atoms with Crippen LogP contribution in [0.25, 0.3) is 0 Å². The fraction of sp³-hybridized carbons (Fsp3) is 0.625. The minimum absolute atomic E-state index is 0.106. The summed E-state index contributed by atoms with van der Waals surface area (Å²) in [4.78, 5) is 43.4. The molecule has 3 atom stereocenters. The van der Waals surface area contributed by atoms with Gasteiger partial charge in [-0.1, -0.05) is 6.42 Å². The molecule has 0 spiro atoms. The molecule has 1 N–H and O–H groups in total. The number of benzene rings is 1. The summed E-state index contributed by atoms with van der Waals surface area (Å²) < 4.78 is 0. The summed E-state index contributed by atoms with van der Waals surface area (Å²) in [6, 6.07) is 6.65. The lowest BCUT2D eigenvalue weighted by atomic mass is 10.0. The van der Waals surface area contributed by atoms with E-state index < -0.39 is 6.04 Å². The number of imide groups is 1. The zero-order valence-corrected chi connectivity index (χ0v) is 18.3. The number of likely N-dealkylation sites (tertiary alicyclic amines) is 1. The quantitative estimate of drug-likeness (QED) is 0.751. The van der Waals surface area contributed by atoms with Crippen LogP contribution in [0, 0.1) is 0 Å². The van der Waals surface area contributed by atoms with E-state index in [0.29, 0.717) is 30.6 Å². The Balaban J connectivity index is 1.33. The lowest BCUT2D eigenvalue weighted by molar-refractivity contribution is -0.136. The first-order chi connectivity index (χ1) is 15.0. The molecule has 3 heterocycles. The molecule has 1 aromatic rings. The molecule has 4 aliphatic rings. The van der Waals surface area contributed by atoms with Crippen molar-refractivity contribution in [2.75, 3.05) is 25.0 Å². The largest absolute Gasteiger partial charge is 0.370 e. The van der Waals surface area contributed by atoms with Gasteiger partial charge in [0.15, 0.2) is 0 Å². The zero-order chi connectivity index (χ0) is 21.5. The average molecular weight is 425 g/mol. The predicted octanol–water partition coefficient (Wildman–Crippen LogP) is 2.29. The molecule has 2 saturated heterocycles. The van der Waals surface area contributed by atoms with Crippen LogP contribution in [0.2, 0.25) is 0 Å². The lowest BCUT2D eigenvalue weighted by Crippen LogP contribution is -2.52. The van der Waals surface area contributed by atoms with E-state index in [1.807, 2.05) is 6.07 Å². The van der Waals surface area contributed by atoms with Gasteiger partial charge in [-0.25, -0.2) is 0 Å². The van der Waals surface area contributed by atoms with Gasteiger partial charge in [-0.3, -0.25) is 24.6 Å². The van der Waals surface area contributed by atoms with Gasteiger partial charge < -0.3 is 9.80 Å². The van der Waals surface area contributed by atoms with Crippen molar-refractivity contribution in [3.8, 4) is 0 Å². The first-order valence-electron chi connectivity index (χ1n) is 11.8. The van der Waals surface area contributed by atoms with E-state index in [9.17, 15) is 14.4 Å². The number of nitrogens with one attached hydrogen (secondary N) is 1. The number of amides is 3. The van der Waals surface area contributed by atoms with Crippen LogP contribution in [0.15, 0.2) is 18.2 Å². The van der Waals surface area contributed by atoms with Gasteiger partial charge in [-0.2, -0.15) is 0 Å². The summed E-state index contributed by atoms with van der Waals surface area (Å²) >= 11 is 0. The molecule has 3 fully saturated rings. The molecule has 0 bridgehead atoms. The average Bonchev–Trinajstić information content (AvgIpc) is 3.39. The number of nitrogens with zero attached hydrogens (tertiary/aromatic N) is 3. The Hall–Kier alpha value is -2.41. The maximum atomic E-state index is 13.0. The molecule has 1 aromatic carbocycles. The van der Waals surface area contributed by atoms with Crippen LogP contribution in [0.4, 0.5) is 5.69 Å². The monoisotopic (exact) mass is 424 g/mol. The molecule has 0 aromatic heterocycles.